The van der Waals surface area contributed by atoms with E-state index < -0.39 is 5.82 Å². The minimum absolute atomic E-state index is 0.0286. The Labute approximate surface area is 104 Å². The molecule has 0 saturated carbocycles. The number of halogens is 2. The summed E-state index contributed by atoms with van der Waals surface area (Å²) in [5, 5.41) is 0.0286. The molecule has 1 aromatic carbocycles. The molecule has 3 nitrogen and oxygen atoms in total. The number of rotatable bonds is 2. The van der Waals surface area contributed by atoms with Crippen molar-refractivity contribution in [2.24, 2.45) is 0 Å². The Morgan fingerprint density at radius 2 is 2.12 bits per heavy atom. The topological polar surface area (TPSA) is 29.0 Å². The maximum absolute atomic E-state index is 13.6. The summed E-state index contributed by atoms with van der Waals surface area (Å²) in [6, 6.07) is 7.69. The van der Waals surface area contributed by atoms with Gasteiger partial charge in [-0.15, -0.1) is 0 Å². The van der Waals surface area contributed by atoms with Crippen molar-refractivity contribution < 1.29 is 4.39 Å². The van der Waals surface area contributed by atoms with Gasteiger partial charge in [-0.05, 0) is 36.2 Å². The van der Waals surface area contributed by atoms with Crippen LogP contribution in [-0.2, 0) is 0 Å². The molecule has 0 saturated heterocycles. The molecular formula is C12H11ClFN3. The van der Waals surface area contributed by atoms with Gasteiger partial charge in [0.2, 0.25) is 5.28 Å². The zero-order valence-corrected chi connectivity index (χ0v) is 10.2. The molecule has 2 aromatic rings. The van der Waals surface area contributed by atoms with Gasteiger partial charge in [0.1, 0.15) is 0 Å². The second kappa shape index (κ2) is 4.67. The van der Waals surface area contributed by atoms with Crippen LogP contribution in [0.5, 0.6) is 0 Å². The third-order valence-electron chi connectivity index (χ3n) is 2.40. The van der Waals surface area contributed by atoms with Crippen LogP contribution < -0.4 is 4.90 Å². The van der Waals surface area contributed by atoms with E-state index in [9.17, 15) is 4.39 Å². The van der Waals surface area contributed by atoms with E-state index in [1.165, 1.54) is 0 Å². The normalized spacial score (nSPS) is 10.4. The molecule has 1 heterocycles. The molecule has 0 N–H and O–H groups in total. The Morgan fingerprint density at radius 1 is 1.35 bits per heavy atom. The minimum atomic E-state index is -0.501. The summed E-state index contributed by atoms with van der Waals surface area (Å²) >= 11 is 5.66. The van der Waals surface area contributed by atoms with Crippen LogP contribution in [0.3, 0.4) is 0 Å². The van der Waals surface area contributed by atoms with Crippen LogP contribution in [0.15, 0.2) is 30.5 Å². The summed E-state index contributed by atoms with van der Waals surface area (Å²) in [7, 11) is 1.73. The maximum atomic E-state index is 13.6. The van der Waals surface area contributed by atoms with Gasteiger partial charge in [-0.2, -0.15) is 4.98 Å². The Kier molecular flexibility index (Phi) is 3.24. The highest BCUT2D eigenvalue weighted by Crippen LogP contribution is 2.25. The third-order valence-corrected chi connectivity index (χ3v) is 2.58. The van der Waals surface area contributed by atoms with Crippen molar-refractivity contribution >= 4 is 23.1 Å². The van der Waals surface area contributed by atoms with E-state index in [4.69, 9.17) is 11.6 Å². The van der Waals surface area contributed by atoms with Gasteiger partial charge in [-0.3, -0.25) is 0 Å². The van der Waals surface area contributed by atoms with Crippen molar-refractivity contribution in [1.29, 1.82) is 0 Å². The number of anilines is 2. The molecule has 0 atom stereocenters. The second-order valence-electron chi connectivity index (χ2n) is 3.71. The van der Waals surface area contributed by atoms with Gasteiger partial charge in [-0.1, -0.05) is 12.1 Å². The lowest BCUT2D eigenvalue weighted by Gasteiger charge is -2.19. The van der Waals surface area contributed by atoms with Crippen LogP contribution in [0, 0.1) is 12.7 Å². The highest BCUT2D eigenvalue weighted by Gasteiger charge is 2.12. The number of hydrogen-bond donors (Lipinski definition) is 0. The predicted octanol–water partition coefficient (Wildman–Crippen LogP) is 3.35. The first-order valence-electron chi connectivity index (χ1n) is 5.06. The molecule has 5 heteroatoms. The molecule has 17 heavy (non-hydrogen) atoms. The standard InChI is InChI=1S/C12H11ClFN3/c1-8-4-3-5-9(6-8)17(2)11-10(14)7-15-12(13)16-11/h3-7H,1-2H3. The van der Waals surface area contributed by atoms with E-state index in [0.717, 1.165) is 17.4 Å². The molecule has 88 valence electrons. The molecule has 0 bridgehead atoms. The lowest BCUT2D eigenvalue weighted by molar-refractivity contribution is 0.613. The summed E-state index contributed by atoms with van der Waals surface area (Å²) in [4.78, 5) is 9.10. The van der Waals surface area contributed by atoms with E-state index in [1.54, 1.807) is 11.9 Å². The van der Waals surface area contributed by atoms with Crippen LogP contribution in [0.2, 0.25) is 5.28 Å². The first kappa shape index (κ1) is 11.8. The Hall–Kier alpha value is -1.68. The summed E-state index contributed by atoms with van der Waals surface area (Å²) in [5.41, 5.74) is 1.94. The van der Waals surface area contributed by atoms with Crippen LogP contribution in [0.25, 0.3) is 0 Å². The van der Waals surface area contributed by atoms with Crippen LogP contribution in [0.1, 0.15) is 5.56 Å². The van der Waals surface area contributed by atoms with Crippen molar-refractivity contribution in [3.63, 3.8) is 0 Å². The van der Waals surface area contributed by atoms with Crippen molar-refractivity contribution in [2.75, 3.05) is 11.9 Å². The molecule has 0 aliphatic carbocycles. The molecule has 2 rings (SSSR count). The third kappa shape index (κ3) is 2.53. The number of benzene rings is 1. The highest BCUT2D eigenvalue weighted by molar-refractivity contribution is 6.28. The zero-order valence-electron chi connectivity index (χ0n) is 9.48. The van der Waals surface area contributed by atoms with Gasteiger partial charge in [-0.25, -0.2) is 9.37 Å². The van der Waals surface area contributed by atoms with E-state index in [1.807, 2.05) is 31.2 Å². The quantitative estimate of drug-likeness (QED) is 0.767. The fourth-order valence-corrected chi connectivity index (χ4v) is 1.66. The molecular weight excluding hydrogens is 241 g/mol. The predicted molar refractivity (Wildman–Crippen MR) is 66.2 cm³/mol. The molecule has 0 aliphatic heterocycles. The molecule has 0 aliphatic rings. The van der Waals surface area contributed by atoms with Gasteiger partial charge in [0.25, 0.3) is 0 Å². The maximum Gasteiger partial charge on any atom is 0.224 e. The van der Waals surface area contributed by atoms with Gasteiger partial charge in [0.05, 0.1) is 6.20 Å². The highest BCUT2D eigenvalue weighted by atomic mass is 35.5. The smallest absolute Gasteiger partial charge is 0.224 e. The lowest BCUT2D eigenvalue weighted by atomic mass is 10.2. The number of aromatic nitrogens is 2. The van der Waals surface area contributed by atoms with Gasteiger partial charge in [0, 0.05) is 12.7 Å². The second-order valence-corrected chi connectivity index (χ2v) is 4.05. The molecule has 0 radical (unpaired) electrons. The Bertz CT molecular complexity index is 545. The Morgan fingerprint density at radius 3 is 2.82 bits per heavy atom. The van der Waals surface area contributed by atoms with Crippen molar-refractivity contribution in [3.05, 3.63) is 47.1 Å². The molecule has 0 unspecified atom stereocenters. The van der Waals surface area contributed by atoms with E-state index in [0.29, 0.717) is 0 Å². The summed E-state index contributed by atoms with van der Waals surface area (Å²) in [6.45, 7) is 1.97. The van der Waals surface area contributed by atoms with Crippen LogP contribution in [-0.4, -0.2) is 17.0 Å². The molecule has 0 amide bonds. The SMILES string of the molecule is Cc1cccc(N(C)c2nc(Cl)ncc2F)c1. The molecule has 0 fully saturated rings. The van der Waals surface area contributed by atoms with Crippen molar-refractivity contribution in [3.8, 4) is 0 Å². The summed E-state index contributed by atoms with van der Waals surface area (Å²) < 4.78 is 13.6. The largest absolute Gasteiger partial charge is 0.327 e. The van der Waals surface area contributed by atoms with E-state index in [-0.39, 0.29) is 11.1 Å². The van der Waals surface area contributed by atoms with Gasteiger partial charge >= 0.3 is 0 Å². The fourth-order valence-electron chi connectivity index (χ4n) is 1.53. The summed E-state index contributed by atoms with van der Waals surface area (Å²) in [6.07, 6.45) is 1.07. The fraction of sp³-hybridized carbons (Fsp3) is 0.167. The average molecular weight is 252 g/mol. The zero-order chi connectivity index (χ0) is 12.4. The first-order valence-corrected chi connectivity index (χ1v) is 5.44. The number of nitrogens with zero attached hydrogens (tertiary/aromatic N) is 3. The van der Waals surface area contributed by atoms with Gasteiger partial charge < -0.3 is 4.90 Å². The van der Waals surface area contributed by atoms with Crippen LogP contribution in [0.4, 0.5) is 15.9 Å². The number of aryl methyl sites for hydroxylation is 1. The van der Waals surface area contributed by atoms with Crippen molar-refractivity contribution in [2.45, 2.75) is 6.92 Å². The van der Waals surface area contributed by atoms with Crippen LogP contribution >= 0.6 is 11.6 Å². The minimum Gasteiger partial charge on any atom is -0.327 e. The molecule has 0 spiro atoms. The lowest BCUT2D eigenvalue weighted by Crippen LogP contribution is -2.13. The van der Waals surface area contributed by atoms with E-state index in [2.05, 4.69) is 9.97 Å². The Balaban J connectivity index is 2.43. The number of hydrogen-bond acceptors (Lipinski definition) is 3. The monoisotopic (exact) mass is 251 g/mol. The molecule has 1 aromatic heterocycles. The average Bonchev–Trinajstić information content (AvgIpc) is 2.31. The summed E-state index contributed by atoms with van der Waals surface area (Å²) in [5.74, 6) is -0.339. The van der Waals surface area contributed by atoms with E-state index >= 15 is 0 Å². The van der Waals surface area contributed by atoms with Crippen molar-refractivity contribution in [1.82, 2.24) is 9.97 Å². The first-order chi connectivity index (χ1) is 8.08. The van der Waals surface area contributed by atoms with Gasteiger partial charge in [0.15, 0.2) is 11.6 Å².